The first-order valence-electron chi connectivity index (χ1n) is 11.0. The van der Waals surface area contributed by atoms with Crippen molar-refractivity contribution < 1.29 is 35.2 Å². The molecule has 0 unspecified atom stereocenters. The van der Waals surface area contributed by atoms with E-state index >= 15 is 0 Å². The summed E-state index contributed by atoms with van der Waals surface area (Å²) < 4.78 is 93.3. The fraction of sp³-hybridized carbons (Fsp3) is 0.208. The highest BCUT2D eigenvalue weighted by Gasteiger charge is 2.49. The molecule has 1 N–H and O–H groups in total. The van der Waals surface area contributed by atoms with Gasteiger partial charge in [-0.25, -0.2) is 27.2 Å². The molecule has 2 atom stereocenters. The first kappa shape index (κ1) is 25.6. The number of aromatic nitrogens is 3. The Labute approximate surface area is 212 Å². The lowest BCUT2D eigenvalue weighted by Crippen LogP contribution is -2.48. The average Bonchev–Trinajstić information content (AvgIpc) is 3.13. The van der Waals surface area contributed by atoms with Crippen molar-refractivity contribution in [2.24, 2.45) is 5.92 Å². The highest BCUT2D eigenvalue weighted by Crippen LogP contribution is 2.38. The Kier molecular flexibility index (Phi) is 6.33. The summed E-state index contributed by atoms with van der Waals surface area (Å²) in [5, 5.41) is 2.52. The molecule has 3 aromatic rings. The molecule has 0 spiro atoms. The Hall–Kier alpha value is -4.00. The number of rotatable bonds is 6. The van der Waals surface area contributed by atoms with Crippen molar-refractivity contribution in [2.75, 3.05) is 6.54 Å². The van der Waals surface area contributed by atoms with Gasteiger partial charge in [0.05, 0.1) is 16.8 Å². The van der Waals surface area contributed by atoms with E-state index in [1.807, 2.05) is 0 Å². The summed E-state index contributed by atoms with van der Waals surface area (Å²) >= 11 is 0. The van der Waals surface area contributed by atoms with Gasteiger partial charge in [0.2, 0.25) is 21.8 Å². The number of sulfonamides is 1. The minimum Gasteiger partial charge on any atom is -0.350 e. The summed E-state index contributed by atoms with van der Waals surface area (Å²) in [5.74, 6) is -3.98. The third-order valence-electron chi connectivity index (χ3n) is 6.11. The Morgan fingerprint density at radius 2 is 1.76 bits per heavy atom. The van der Waals surface area contributed by atoms with Crippen molar-refractivity contribution in [1.82, 2.24) is 24.6 Å². The van der Waals surface area contributed by atoms with E-state index in [1.165, 1.54) is 6.07 Å². The summed E-state index contributed by atoms with van der Waals surface area (Å²) in [4.78, 5) is 23.3. The molecule has 2 aromatic heterocycles. The number of fused-ring (bicyclic) bond motifs is 1. The van der Waals surface area contributed by atoms with Gasteiger partial charge in [-0.05, 0) is 42.0 Å². The first-order chi connectivity index (χ1) is 17.9. The molecule has 5 rings (SSSR count). The van der Waals surface area contributed by atoms with E-state index in [0.29, 0.717) is 5.57 Å². The number of halogens is 5. The van der Waals surface area contributed by atoms with Gasteiger partial charge >= 0.3 is 6.18 Å². The maximum Gasteiger partial charge on any atom is 0.451 e. The van der Waals surface area contributed by atoms with Gasteiger partial charge in [-0.3, -0.25) is 9.78 Å². The SMILES string of the molecule is O=C(NCc1cc(-c2cnc(C(F)(F)F)nc2)ncc1F)[C@@H]1[C@H]2C=C=C2CN1S(=O)(=O)c1ccc(F)cc1. The van der Waals surface area contributed by atoms with E-state index in [-0.39, 0.29) is 34.8 Å². The summed E-state index contributed by atoms with van der Waals surface area (Å²) in [6, 6.07) is 4.23. The lowest BCUT2D eigenvalue weighted by atomic mass is 9.89. The maximum absolute atomic E-state index is 14.5. The van der Waals surface area contributed by atoms with Crippen molar-refractivity contribution in [2.45, 2.75) is 23.7 Å². The summed E-state index contributed by atoms with van der Waals surface area (Å²) in [7, 11) is -4.18. The van der Waals surface area contributed by atoms with E-state index in [9.17, 15) is 35.2 Å². The zero-order valence-electron chi connectivity index (χ0n) is 19.1. The second-order valence-electron chi connectivity index (χ2n) is 8.48. The lowest BCUT2D eigenvalue weighted by Gasteiger charge is -2.25. The molecule has 0 saturated carbocycles. The van der Waals surface area contributed by atoms with Crippen LogP contribution in [-0.2, 0) is 27.5 Å². The van der Waals surface area contributed by atoms with Gasteiger partial charge in [-0.1, -0.05) is 0 Å². The van der Waals surface area contributed by atoms with Crippen LogP contribution in [0.2, 0.25) is 0 Å². The van der Waals surface area contributed by atoms with Crippen LogP contribution >= 0.6 is 0 Å². The summed E-state index contributed by atoms with van der Waals surface area (Å²) in [6.45, 7) is -0.446. The van der Waals surface area contributed by atoms with Crippen LogP contribution in [0.3, 0.4) is 0 Å². The van der Waals surface area contributed by atoms with Crippen LogP contribution in [0.5, 0.6) is 0 Å². The molecule has 2 aliphatic rings. The van der Waals surface area contributed by atoms with Gasteiger partial charge < -0.3 is 5.32 Å². The third kappa shape index (κ3) is 4.69. The van der Waals surface area contributed by atoms with E-state index in [2.05, 4.69) is 26.0 Å². The number of nitrogens with one attached hydrogen (secondary N) is 1. The Bertz CT molecular complexity index is 1590. The van der Waals surface area contributed by atoms with Crippen LogP contribution in [0.1, 0.15) is 11.4 Å². The minimum atomic E-state index is -4.73. The number of hydrogen-bond donors (Lipinski definition) is 1. The molecule has 1 aliphatic heterocycles. The number of alkyl halides is 3. The largest absolute Gasteiger partial charge is 0.451 e. The van der Waals surface area contributed by atoms with Crippen molar-refractivity contribution in [1.29, 1.82) is 0 Å². The normalized spacial score (nSPS) is 19.0. The molecule has 1 aromatic carbocycles. The number of pyridine rings is 1. The predicted octanol–water partition coefficient (Wildman–Crippen LogP) is 3.24. The number of hydrogen-bond acceptors (Lipinski definition) is 6. The minimum absolute atomic E-state index is 0.0471. The van der Waals surface area contributed by atoms with Gasteiger partial charge in [0.1, 0.15) is 17.7 Å². The Balaban J connectivity index is 1.34. The smallest absolute Gasteiger partial charge is 0.350 e. The molecular formula is C24H16F5N5O3S. The van der Waals surface area contributed by atoms with Crippen LogP contribution in [0.25, 0.3) is 11.3 Å². The van der Waals surface area contributed by atoms with Crippen LogP contribution in [0.4, 0.5) is 22.0 Å². The average molecular weight is 549 g/mol. The second kappa shape index (κ2) is 9.39. The quantitative estimate of drug-likeness (QED) is 0.374. The van der Waals surface area contributed by atoms with Gasteiger partial charge in [0, 0.05) is 42.5 Å². The van der Waals surface area contributed by atoms with Gasteiger partial charge in [-0.15, -0.1) is 5.73 Å². The van der Waals surface area contributed by atoms with E-state index in [0.717, 1.165) is 47.2 Å². The molecule has 1 aliphatic carbocycles. The van der Waals surface area contributed by atoms with Crippen LogP contribution in [-0.4, -0.2) is 46.2 Å². The molecular weight excluding hydrogens is 533 g/mol. The van der Waals surface area contributed by atoms with Crippen molar-refractivity contribution in [3.05, 3.63) is 89.3 Å². The lowest BCUT2D eigenvalue weighted by molar-refractivity contribution is -0.145. The first-order valence-corrected chi connectivity index (χ1v) is 12.4. The molecule has 1 amide bonds. The van der Waals surface area contributed by atoms with Crippen LogP contribution < -0.4 is 5.32 Å². The third-order valence-corrected chi connectivity index (χ3v) is 7.95. The van der Waals surface area contributed by atoms with E-state index in [4.69, 9.17) is 0 Å². The van der Waals surface area contributed by atoms with Gasteiger partial charge in [-0.2, -0.15) is 17.5 Å². The zero-order valence-corrected chi connectivity index (χ0v) is 19.9. The van der Waals surface area contributed by atoms with Gasteiger partial charge in [0.15, 0.2) is 0 Å². The van der Waals surface area contributed by atoms with Crippen LogP contribution in [0.15, 0.2) is 71.2 Å². The molecule has 196 valence electrons. The maximum atomic E-state index is 14.5. The number of carbonyl (C=O) groups is 1. The topological polar surface area (TPSA) is 105 Å². The van der Waals surface area contributed by atoms with Crippen LogP contribution in [0, 0.1) is 17.6 Å². The molecule has 1 fully saturated rings. The van der Waals surface area contributed by atoms with E-state index in [1.54, 1.807) is 6.08 Å². The van der Waals surface area contributed by atoms with Gasteiger partial charge in [0.25, 0.3) is 0 Å². The molecule has 3 heterocycles. The fourth-order valence-electron chi connectivity index (χ4n) is 4.11. The molecule has 1 saturated heterocycles. The standard InChI is InChI=1S/C24H16F5N5O3S/c25-16-2-4-17(5-3-16)38(36,37)34-12-13-1-6-18(13)21(34)22(35)31-8-14-7-20(30-11-19(14)26)15-9-32-23(33-10-15)24(27,28)29/h2-7,9-11,18,21H,8,12H2,(H,31,35)/t18-,21-/m0/s1. The van der Waals surface area contributed by atoms with Crippen molar-refractivity contribution in [3.8, 4) is 11.3 Å². The highest BCUT2D eigenvalue weighted by molar-refractivity contribution is 7.89. The molecule has 8 nitrogen and oxygen atoms in total. The zero-order chi connectivity index (χ0) is 27.2. The highest BCUT2D eigenvalue weighted by atomic mass is 32.2. The van der Waals surface area contributed by atoms with Crippen molar-refractivity contribution >= 4 is 15.9 Å². The number of amides is 1. The van der Waals surface area contributed by atoms with Crippen molar-refractivity contribution in [3.63, 3.8) is 0 Å². The summed E-state index contributed by atoms with van der Waals surface area (Å²) in [6.07, 6.45) is -0.536. The summed E-state index contributed by atoms with van der Waals surface area (Å²) in [5.41, 5.74) is 3.59. The Morgan fingerprint density at radius 3 is 2.37 bits per heavy atom. The van der Waals surface area contributed by atoms with E-state index < -0.39 is 51.5 Å². The molecule has 38 heavy (non-hydrogen) atoms. The second-order valence-corrected chi connectivity index (χ2v) is 10.4. The Morgan fingerprint density at radius 1 is 1.08 bits per heavy atom. The number of carbonyl (C=O) groups excluding carboxylic acids is 1. The predicted molar refractivity (Wildman–Crippen MR) is 121 cm³/mol. The number of benzene rings is 1. The molecule has 14 heteroatoms. The molecule has 0 bridgehead atoms. The monoisotopic (exact) mass is 549 g/mol. The molecule has 0 radical (unpaired) electrons. The number of nitrogens with zero attached hydrogens (tertiary/aromatic N) is 4. The fourth-order valence-corrected chi connectivity index (χ4v) is 5.70.